The number of aryl methyl sites for hydroxylation is 1. The third-order valence-electron chi connectivity index (χ3n) is 3.93. The van der Waals surface area contributed by atoms with Gasteiger partial charge in [0.15, 0.2) is 9.84 Å². The second-order valence-electron chi connectivity index (χ2n) is 6.23. The summed E-state index contributed by atoms with van der Waals surface area (Å²) in [6.07, 6.45) is 0.936. The quantitative estimate of drug-likeness (QED) is 0.671. The lowest BCUT2D eigenvalue weighted by atomic mass is 9.98. The SMILES string of the molecule is Cc1ccc(C(NC(=O)NCCC(=O)O)c2cccc(S(C)(=O)=O)c2)cc1. The first-order valence-corrected chi connectivity index (χ1v) is 10.2. The van der Waals surface area contributed by atoms with Crippen LogP contribution in [0.25, 0.3) is 0 Å². The van der Waals surface area contributed by atoms with E-state index in [4.69, 9.17) is 5.11 Å². The molecular weight excluding hydrogens is 368 g/mol. The van der Waals surface area contributed by atoms with Crippen molar-refractivity contribution in [1.82, 2.24) is 10.6 Å². The smallest absolute Gasteiger partial charge is 0.315 e. The summed E-state index contributed by atoms with van der Waals surface area (Å²) in [5.41, 5.74) is 2.43. The molecule has 0 saturated carbocycles. The van der Waals surface area contributed by atoms with Crippen molar-refractivity contribution in [2.75, 3.05) is 12.8 Å². The van der Waals surface area contributed by atoms with Crippen LogP contribution in [0.5, 0.6) is 0 Å². The van der Waals surface area contributed by atoms with Crippen molar-refractivity contribution >= 4 is 21.8 Å². The van der Waals surface area contributed by atoms with Gasteiger partial charge in [0.1, 0.15) is 0 Å². The minimum Gasteiger partial charge on any atom is -0.481 e. The van der Waals surface area contributed by atoms with Gasteiger partial charge in [-0.2, -0.15) is 0 Å². The Morgan fingerprint density at radius 3 is 2.33 bits per heavy atom. The summed E-state index contributed by atoms with van der Waals surface area (Å²) in [4.78, 5) is 22.9. The summed E-state index contributed by atoms with van der Waals surface area (Å²) in [5, 5.41) is 13.9. The molecule has 2 amide bonds. The maximum atomic E-state index is 12.2. The van der Waals surface area contributed by atoms with Gasteiger partial charge in [-0.05, 0) is 30.2 Å². The lowest BCUT2D eigenvalue weighted by Crippen LogP contribution is -2.39. The van der Waals surface area contributed by atoms with E-state index < -0.39 is 27.9 Å². The fourth-order valence-electron chi connectivity index (χ4n) is 2.51. The van der Waals surface area contributed by atoms with Crippen LogP contribution in [-0.4, -0.2) is 38.3 Å². The Kier molecular flexibility index (Phi) is 6.57. The molecule has 8 heteroatoms. The Balaban J connectivity index is 2.32. The molecule has 3 N–H and O–H groups in total. The van der Waals surface area contributed by atoms with Gasteiger partial charge in [-0.3, -0.25) is 4.79 Å². The third kappa shape index (κ3) is 6.10. The number of urea groups is 1. The molecule has 0 aliphatic carbocycles. The molecule has 0 aliphatic rings. The molecule has 0 radical (unpaired) electrons. The Hall–Kier alpha value is -2.87. The zero-order chi connectivity index (χ0) is 20.0. The Bertz CT molecular complexity index is 923. The van der Waals surface area contributed by atoms with E-state index in [0.29, 0.717) is 5.56 Å². The summed E-state index contributed by atoms with van der Waals surface area (Å²) < 4.78 is 23.7. The molecule has 0 aliphatic heterocycles. The number of rotatable bonds is 7. The molecule has 27 heavy (non-hydrogen) atoms. The molecule has 0 saturated heterocycles. The number of aliphatic carboxylic acids is 1. The molecule has 144 valence electrons. The minimum atomic E-state index is -3.39. The van der Waals surface area contributed by atoms with Gasteiger partial charge in [0.2, 0.25) is 0 Å². The molecule has 0 heterocycles. The number of benzene rings is 2. The molecule has 1 unspecified atom stereocenters. The largest absolute Gasteiger partial charge is 0.481 e. The van der Waals surface area contributed by atoms with E-state index in [1.165, 1.54) is 12.1 Å². The van der Waals surface area contributed by atoms with Crippen molar-refractivity contribution in [3.05, 3.63) is 65.2 Å². The highest BCUT2D eigenvalue weighted by molar-refractivity contribution is 7.90. The standard InChI is InChI=1S/C19H22N2O5S/c1-13-6-8-14(9-7-13)18(21-19(24)20-11-10-17(22)23)15-4-3-5-16(12-15)27(2,25)26/h3-9,12,18H,10-11H2,1-2H3,(H,22,23)(H2,20,21,24). The van der Waals surface area contributed by atoms with Crippen molar-refractivity contribution in [3.63, 3.8) is 0 Å². The highest BCUT2D eigenvalue weighted by Crippen LogP contribution is 2.24. The fourth-order valence-corrected chi connectivity index (χ4v) is 3.18. The summed E-state index contributed by atoms with van der Waals surface area (Å²) >= 11 is 0. The molecule has 2 aromatic carbocycles. The highest BCUT2D eigenvalue weighted by atomic mass is 32.2. The van der Waals surface area contributed by atoms with Gasteiger partial charge >= 0.3 is 12.0 Å². The molecule has 2 rings (SSSR count). The van der Waals surface area contributed by atoms with E-state index in [0.717, 1.165) is 17.4 Å². The predicted octanol–water partition coefficient (Wildman–Crippen LogP) is 2.26. The predicted molar refractivity (Wildman–Crippen MR) is 101 cm³/mol. The number of sulfone groups is 1. The lowest BCUT2D eigenvalue weighted by Gasteiger charge is -2.21. The van der Waals surface area contributed by atoms with Gasteiger partial charge in [-0.25, -0.2) is 13.2 Å². The topological polar surface area (TPSA) is 113 Å². The van der Waals surface area contributed by atoms with Crippen LogP contribution in [0.2, 0.25) is 0 Å². The number of hydrogen-bond acceptors (Lipinski definition) is 4. The first-order chi connectivity index (χ1) is 12.7. The maximum Gasteiger partial charge on any atom is 0.315 e. The van der Waals surface area contributed by atoms with Gasteiger partial charge < -0.3 is 15.7 Å². The van der Waals surface area contributed by atoms with Crippen LogP contribution in [0.1, 0.15) is 29.2 Å². The van der Waals surface area contributed by atoms with Crippen molar-refractivity contribution < 1.29 is 23.1 Å². The number of carboxylic acids is 1. The van der Waals surface area contributed by atoms with Gasteiger partial charge in [0.05, 0.1) is 17.4 Å². The van der Waals surface area contributed by atoms with Crippen LogP contribution < -0.4 is 10.6 Å². The molecule has 0 aromatic heterocycles. The van der Waals surface area contributed by atoms with E-state index in [2.05, 4.69) is 10.6 Å². The number of carbonyl (C=O) groups is 2. The Morgan fingerprint density at radius 1 is 1.07 bits per heavy atom. The highest BCUT2D eigenvalue weighted by Gasteiger charge is 2.19. The summed E-state index contributed by atoms with van der Waals surface area (Å²) in [5.74, 6) is -1.01. The van der Waals surface area contributed by atoms with Crippen molar-refractivity contribution in [2.24, 2.45) is 0 Å². The molecule has 2 aromatic rings. The Morgan fingerprint density at radius 2 is 1.74 bits per heavy atom. The fraction of sp³-hybridized carbons (Fsp3) is 0.263. The molecule has 0 bridgehead atoms. The molecule has 0 fully saturated rings. The van der Waals surface area contributed by atoms with Gasteiger partial charge in [0, 0.05) is 12.8 Å². The Labute approximate surface area is 158 Å². The van der Waals surface area contributed by atoms with Crippen LogP contribution in [-0.2, 0) is 14.6 Å². The van der Waals surface area contributed by atoms with Crippen molar-refractivity contribution in [2.45, 2.75) is 24.3 Å². The van der Waals surface area contributed by atoms with Crippen LogP contribution >= 0.6 is 0 Å². The van der Waals surface area contributed by atoms with Gasteiger partial charge in [-0.15, -0.1) is 0 Å². The van der Waals surface area contributed by atoms with Crippen molar-refractivity contribution in [3.8, 4) is 0 Å². The molecule has 1 atom stereocenters. The first kappa shape index (κ1) is 20.4. The monoisotopic (exact) mass is 390 g/mol. The number of nitrogens with one attached hydrogen (secondary N) is 2. The summed E-state index contributed by atoms with van der Waals surface area (Å²) in [7, 11) is -3.39. The van der Waals surface area contributed by atoms with Gasteiger partial charge in [0.25, 0.3) is 0 Å². The minimum absolute atomic E-state index is 0.00877. The molecule has 7 nitrogen and oxygen atoms in total. The van der Waals surface area contributed by atoms with E-state index in [-0.39, 0.29) is 17.9 Å². The number of carboxylic acid groups (broad SMARTS) is 1. The van der Waals surface area contributed by atoms with Crippen LogP contribution in [0.4, 0.5) is 4.79 Å². The normalized spacial score (nSPS) is 12.2. The first-order valence-electron chi connectivity index (χ1n) is 8.29. The van der Waals surface area contributed by atoms with E-state index in [1.807, 2.05) is 31.2 Å². The second kappa shape index (κ2) is 8.68. The third-order valence-corrected chi connectivity index (χ3v) is 5.04. The van der Waals surface area contributed by atoms with Crippen molar-refractivity contribution in [1.29, 1.82) is 0 Å². The van der Waals surface area contributed by atoms with E-state index >= 15 is 0 Å². The van der Waals surface area contributed by atoms with E-state index in [9.17, 15) is 18.0 Å². The van der Waals surface area contributed by atoms with E-state index in [1.54, 1.807) is 12.1 Å². The number of amides is 2. The molecule has 0 spiro atoms. The molecular formula is C19H22N2O5S. The van der Waals surface area contributed by atoms with Gasteiger partial charge in [-0.1, -0.05) is 42.0 Å². The zero-order valence-corrected chi connectivity index (χ0v) is 15.9. The van der Waals surface area contributed by atoms with Crippen LogP contribution in [0.15, 0.2) is 53.4 Å². The average Bonchev–Trinajstić information content (AvgIpc) is 2.60. The zero-order valence-electron chi connectivity index (χ0n) is 15.1. The average molecular weight is 390 g/mol. The van der Waals surface area contributed by atoms with Crippen LogP contribution in [0.3, 0.4) is 0 Å². The maximum absolute atomic E-state index is 12.2. The summed E-state index contributed by atoms with van der Waals surface area (Å²) in [6.45, 7) is 1.93. The number of hydrogen-bond donors (Lipinski definition) is 3. The number of carbonyl (C=O) groups excluding carboxylic acids is 1. The lowest BCUT2D eigenvalue weighted by molar-refractivity contribution is -0.136. The second-order valence-corrected chi connectivity index (χ2v) is 8.25. The summed E-state index contributed by atoms with van der Waals surface area (Å²) in [6, 6.07) is 12.8. The van der Waals surface area contributed by atoms with Crippen LogP contribution in [0, 0.1) is 6.92 Å².